The van der Waals surface area contributed by atoms with Crippen molar-refractivity contribution in [1.29, 1.82) is 0 Å². The second-order valence-corrected chi connectivity index (χ2v) is 5.71. The molecule has 4 heteroatoms. The fourth-order valence-corrected chi connectivity index (χ4v) is 2.14. The van der Waals surface area contributed by atoms with Gasteiger partial charge in [0, 0.05) is 21.9 Å². The fraction of sp³-hybridized carbons (Fsp3) is 0.400. The summed E-state index contributed by atoms with van der Waals surface area (Å²) >= 11 is 2.31. The van der Waals surface area contributed by atoms with Crippen LogP contribution in [0.2, 0.25) is 0 Å². The molecule has 3 nitrogen and oxygen atoms in total. The molecule has 0 amide bonds. The number of hydrogen-bond acceptors (Lipinski definition) is 2. The molecule has 2 aromatic rings. The largest absolute Gasteiger partial charge is 0.380 e. The van der Waals surface area contributed by atoms with Crippen molar-refractivity contribution in [2.75, 3.05) is 13.2 Å². The van der Waals surface area contributed by atoms with Gasteiger partial charge in [0.2, 0.25) is 0 Å². The van der Waals surface area contributed by atoms with Crippen LogP contribution >= 0.6 is 22.6 Å². The van der Waals surface area contributed by atoms with Crippen molar-refractivity contribution in [1.82, 2.24) is 9.78 Å². The van der Waals surface area contributed by atoms with Crippen LogP contribution in [-0.2, 0) is 11.3 Å². The van der Waals surface area contributed by atoms with Gasteiger partial charge in [0.05, 0.1) is 19.3 Å². The third-order valence-corrected chi connectivity index (χ3v) is 3.64. The first-order valence-electron chi connectivity index (χ1n) is 6.65. The van der Waals surface area contributed by atoms with E-state index in [1.807, 2.05) is 10.9 Å². The second-order valence-electron chi connectivity index (χ2n) is 4.46. The van der Waals surface area contributed by atoms with E-state index >= 15 is 0 Å². The number of halogens is 1. The van der Waals surface area contributed by atoms with E-state index in [4.69, 9.17) is 4.74 Å². The van der Waals surface area contributed by atoms with Crippen LogP contribution in [0, 0.1) is 3.57 Å². The SMILES string of the molecule is CCCCOCCn1cc(-c2ccc(I)cc2)cn1. The van der Waals surface area contributed by atoms with Crippen LogP contribution < -0.4 is 0 Å². The summed E-state index contributed by atoms with van der Waals surface area (Å²) in [6.07, 6.45) is 6.30. The molecule has 1 heterocycles. The maximum absolute atomic E-state index is 5.55. The van der Waals surface area contributed by atoms with Gasteiger partial charge in [-0.2, -0.15) is 5.10 Å². The van der Waals surface area contributed by atoms with Gasteiger partial charge in [-0.25, -0.2) is 0 Å². The van der Waals surface area contributed by atoms with E-state index < -0.39 is 0 Å². The van der Waals surface area contributed by atoms with E-state index in [0.29, 0.717) is 0 Å². The van der Waals surface area contributed by atoms with Crippen molar-refractivity contribution in [2.24, 2.45) is 0 Å². The molecule has 0 aliphatic rings. The molecule has 2 rings (SSSR count). The number of benzene rings is 1. The van der Waals surface area contributed by atoms with E-state index in [0.717, 1.165) is 31.7 Å². The van der Waals surface area contributed by atoms with Gasteiger partial charge in [-0.1, -0.05) is 25.5 Å². The molecule has 0 aliphatic heterocycles. The minimum Gasteiger partial charge on any atom is -0.380 e. The molecule has 0 bridgehead atoms. The molecule has 0 radical (unpaired) electrons. The van der Waals surface area contributed by atoms with E-state index in [2.05, 4.69) is 65.1 Å². The molecular weight excluding hydrogens is 351 g/mol. The third kappa shape index (κ3) is 4.62. The highest BCUT2D eigenvalue weighted by Gasteiger charge is 2.01. The Balaban J connectivity index is 1.86. The number of unbranched alkanes of at least 4 members (excludes halogenated alkanes) is 1. The van der Waals surface area contributed by atoms with Gasteiger partial charge < -0.3 is 4.74 Å². The topological polar surface area (TPSA) is 27.1 Å². The van der Waals surface area contributed by atoms with Crippen LogP contribution in [0.25, 0.3) is 11.1 Å². The Morgan fingerprint density at radius 2 is 1.95 bits per heavy atom. The zero-order valence-electron chi connectivity index (χ0n) is 11.2. The number of hydrogen-bond donors (Lipinski definition) is 0. The van der Waals surface area contributed by atoms with Gasteiger partial charge in [-0.05, 0) is 46.7 Å². The number of rotatable bonds is 7. The molecular formula is C15H19IN2O. The molecule has 102 valence electrons. The lowest BCUT2D eigenvalue weighted by molar-refractivity contribution is 0.121. The molecule has 1 aromatic heterocycles. The lowest BCUT2D eigenvalue weighted by Gasteiger charge is -2.03. The van der Waals surface area contributed by atoms with Gasteiger partial charge >= 0.3 is 0 Å². The molecule has 0 saturated carbocycles. The zero-order valence-corrected chi connectivity index (χ0v) is 13.3. The lowest BCUT2D eigenvalue weighted by atomic mass is 10.1. The first-order valence-corrected chi connectivity index (χ1v) is 7.73. The van der Waals surface area contributed by atoms with Crippen LogP contribution in [0.3, 0.4) is 0 Å². The quantitative estimate of drug-likeness (QED) is 0.545. The minimum atomic E-state index is 0.730. The Kier molecular flexibility index (Phi) is 5.85. The van der Waals surface area contributed by atoms with Gasteiger partial charge in [0.15, 0.2) is 0 Å². The maximum Gasteiger partial charge on any atom is 0.0662 e. The highest BCUT2D eigenvalue weighted by Crippen LogP contribution is 2.19. The van der Waals surface area contributed by atoms with Gasteiger partial charge in [-0.15, -0.1) is 0 Å². The highest BCUT2D eigenvalue weighted by molar-refractivity contribution is 14.1. The van der Waals surface area contributed by atoms with E-state index in [-0.39, 0.29) is 0 Å². The standard InChI is InChI=1S/C15H19IN2O/c1-2-3-9-19-10-8-18-12-14(11-17-18)13-4-6-15(16)7-5-13/h4-7,11-12H,2-3,8-10H2,1H3. The van der Waals surface area contributed by atoms with Crippen molar-refractivity contribution < 1.29 is 4.74 Å². The van der Waals surface area contributed by atoms with Crippen molar-refractivity contribution >= 4 is 22.6 Å². The molecule has 0 spiro atoms. The molecule has 0 saturated heterocycles. The van der Waals surface area contributed by atoms with E-state index in [1.54, 1.807) is 0 Å². The average molecular weight is 370 g/mol. The molecule has 19 heavy (non-hydrogen) atoms. The lowest BCUT2D eigenvalue weighted by Crippen LogP contribution is -2.06. The Morgan fingerprint density at radius 3 is 2.68 bits per heavy atom. The number of aromatic nitrogens is 2. The Bertz CT molecular complexity index is 493. The summed E-state index contributed by atoms with van der Waals surface area (Å²) in [5.41, 5.74) is 2.36. The summed E-state index contributed by atoms with van der Waals surface area (Å²) in [5, 5.41) is 4.37. The maximum atomic E-state index is 5.55. The third-order valence-electron chi connectivity index (χ3n) is 2.92. The monoisotopic (exact) mass is 370 g/mol. The van der Waals surface area contributed by atoms with Gasteiger partial charge in [-0.3, -0.25) is 4.68 Å². The summed E-state index contributed by atoms with van der Waals surface area (Å²) in [6.45, 7) is 4.56. The Hall–Kier alpha value is -0.880. The Labute approximate surface area is 128 Å². The summed E-state index contributed by atoms with van der Waals surface area (Å²) in [6, 6.07) is 8.48. The zero-order chi connectivity index (χ0) is 13.5. The Morgan fingerprint density at radius 1 is 1.16 bits per heavy atom. The van der Waals surface area contributed by atoms with Gasteiger partial charge in [0.25, 0.3) is 0 Å². The smallest absolute Gasteiger partial charge is 0.0662 e. The van der Waals surface area contributed by atoms with E-state index in [1.165, 1.54) is 15.6 Å². The summed E-state index contributed by atoms with van der Waals surface area (Å²) in [7, 11) is 0. The van der Waals surface area contributed by atoms with Crippen molar-refractivity contribution in [3.8, 4) is 11.1 Å². The van der Waals surface area contributed by atoms with E-state index in [9.17, 15) is 0 Å². The first kappa shape index (κ1) is 14.5. The van der Waals surface area contributed by atoms with Crippen LogP contribution in [-0.4, -0.2) is 23.0 Å². The van der Waals surface area contributed by atoms with Crippen molar-refractivity contribution in [2.45, 2.75) is 26.3 Å². The van der Waals surface area contributed by atoms with Crippen LogP contribution in [0.1, 0.15) is 19.8 Å². The van der Waals surface area contributed by atoms with Gasteiger partial charge in [0.1, 0.15) is 0 Å². The first-order chi connectivity index (χ1) is 9.29. The summed E-state index contributed by atoms with van der Waals surface area (Å²) in [5.74, 6) is 0. The number of ether oxygens (including phenoxy) is 1. The van der Waals surface area contributed by atoms with Crippen LogP contribution in [0.15, 0.2) is 36.7 Å². The molecule has 0 unspecified atom stereocenters. The second kappa shape index (κ2) is 7.65. The fourth-order valence-electron chi connectivity index (χ4n) is 1.78. The number of nitrogens with zero attached hydrogens (tertiary/aromatic N) is 2. The highest BCUT2D eigenvalue weighted by atomic mass is 127. The summed E-state index contributed by atoms with van der Waals surface area (Å²) < 4.78 is 8.74. The molecule has 1 aromatic carbocycles. The minimum absolute atomic E-state index is 0.730. The predicted octanol–water partition coefficient (Wildman–Crippen LogP) is 3.97. The molecule has 0 atom stereocenters. The molecule has 0 aliphatic carbocycles. The van der Waals surface area contributed by atoms with Crippen LogP contribution in [0.5, 0.6) is 0 Å². The van der Waals surface area contributed by atoms with Crippen molar-refractivity contribution in [3.63, 3.8) is 0 Å². The predicted molar refractivity (Wildman–Crippen MR) is 86.1 cm³/mol. The summed E-state index contributed by atoms with van der Waals surface area (Å²) in [4.78, 5) is 0. The van der Waals surface area contributed by atoms with Crippen LogP contribution in [0.4, 0.5) is 0 Å². The molecule has 0 fully saturated rings. The average Bonchev–Trinajstić information content (AvgIpc) is 2.88. The normalized spacial score (nSPS) is 10.8. The van der Waals surface area contributed by atoms with Crippen molar-refractivity contribution in [3.05, 3.63) is 40.2 Å². The molecule has 0 N–H and O–H groups in total.